The van der Waals surface area contributed by atoms with E-state index in [0.717, 1.165) is 5.56 Å². The fraction of sp³-hybridized carbons (Fsp3) is 0. The SMILES string of the molecule is O=C1c2cc([N+](=O)[O-])ccc2-c2cc(Cl)ccc21. The predicted octanol–water partition coefficient (Wildman–Crippen LogP) is 3.46. The first-order valence-electron chi connectivity index (χ1n) is 5.21. The Morgan fingerprint density at radius 3 is 2.39 bits per heavy atom. The molecule has 18 heavy (non-hydrogen) atoms. The standard InChI is InChI=1S/C13H6ClNO3/c14-7-1-3-10-11(5-7)9-4-2-8(15(17)18)6-12(9)13(10)16/h1-6H. The lowest BCUT2D eigenvalue weighted by Gasteiger charge is -1.99. The Bertz CT molecular complexity index is 709. The third kappa shape index (κ3) is 1.43. The number of rotatable bonds is 1. The fourth-order valence-corrected chi connectivity index (χ4v) is 2.32. The molecule has 0 aromatic heterocycles. The highest BCUT2D eigenvalue weighted by Gasteiger charge is 2.28. The lowest BCUT2D eigenvalue weighted by atomic mass is 10.1. The van der Waals surface area contributed by atoms with Crippen LogP contribution in [0.15, 0.2) is 36.4 Å². The summed E-state index contributed by atoms with van der Waals surface area (Å²) < 4.78 is 0. The Kier molecular flexibility index (Phi) is 2.21. The summed E-state index contributed by atoms with van der Waals surface area (Å²) in [5, 5.41) is 11.2. The zero-order valence-electron chi connectivity index (χ0n) is 9.01. The van der Waals surface area contributed by atoms with Gasteiger partial charge in [-0.15, -0.1) is 0 Å². The molecule has 0 bridgehead atoms. The zero-order chi connectivity index (χ0) is 12.9. The highest BCUT2D eigenvalue weighted by Crippen LogP contribution is 2.39. The van der Waals surface area contributed by atoms with Gasteiger partial charge in [0.15, 0.2) is 5.78 Å². The number of carbonyl (C=O) groups excluding carboxylic acids is 1. The molecule has 0 spiro atoms. The lowest BCUT2D eigenvalue weighted by molar-refractivity contribution is -0.384. The summed E-state index contributed by atoms with van der Waals surface area (Å²) in [6, 6.07) is 9.28. The number of hydrogen-bond donors (Lipinski definition) is 0. The zero-order valence-corrected chi connectivity index (χ0v) is 9.77. The molecule has 1 aliphatic rings. The molecule has 4 nitrogen and oxygen atoms in total. The minimum Gasteiger partial charge on any atom is -0.289 e. The molecule has 2 aromatic carbocycles. The van der Waals surface area contributed by atoms with Crippen LogP contribution in [0.1, 0.15) is 15.9 Å². The average Bonchev–Trinajstić information content (AvgIpc) is 2.62. The normalized spacial score (nSPS) is 12.2. The van der Waals surface area contributed by atoms with Gasteiger partial charge in [-0.3, -0.25) is 14.9 Å². The van der Waals surface area contributed by atoms with Crippen LogP contribution in [0.25, 0.3) is 11.1 Å². The minimum atomic E-state index is -0.510. The Balaban J connectivity index is 2.27. The van der Waals surface area contributed by atoms with Crippen molar-refractivity contribution in [3.8, 4) is 11.1 Å². The number of nitrogens with zero attached hydrogens (tertiary/aromatic N) is 1. The van der Waals surface area contributed by atoms with E-state index in [-0.39, 0.29) is 11.5 Å². The van der Waals surface area contributed by atoms with Crippen LogP contribution < -0.4 is 0 Å². The van der Waals surface area contributed by atoms with Gasteiger partial charge in [-0.1, -0.05) is 11.6 Å². The van der Waals surface area contributed by atoms with Crippen molar-refractivity contribution in [1.29, 1.82) is 0 Å². The molecular weight excluding hydrogens is 254 g/mol. The van der Waals surface area contributed by atoms with E-state index in [2.05, 4.69) is 0 Å². The largest absolute Gasteiger partial charge is 0.289 e. The molecule has 0 unspecified atom stereocenters. The first kappa shape index (κ1) is 10.9. The summed E-state index contributed by atoms with van der Waals surface area (Å²) in [6.07, 6.45) is 0. The van der Waals surface area contributed by atoms with Crippen LogP contribution in [0.5, 0.6) is 0 Å². The maximum absolute atomic E-state index is 12.1. The summed E-state index contributed by atoms with van der Waals surface area (Å²) in [6.45, 7) is 0. The molecule has 0 N–H and O–H groups in total. The molecule has 0 atom stereocenters. The smallest absolute Gasteiger partial charge is 0.270 e. The molecule has 0 aliphatic heterocycles. The lowest BCUT2D eigenvalue weighted by Crippen LogP contribution is -1.96. The Morgan fingerprint density at radius 2 is 1.67 bits per heavy atom. The molecular formula is C13H6ClNO3. The number of nitro benzene ring substituents is 1. The number of nitro groups is 1. The second kappa shape index (κ2) is 3.65. The van der Waals surface area contributed by atoms with Crippen molar-refractivity contribution in [1.82, 2.24) is 0 Å². The third-order valence-corrected chi connectivity index (χ3v) is 3.21. The van der Waals surface area contributed by atoms with Crippen molar-refractivity contribution < 1.29 is 9.72 Å². The molecule has 0 saturated heterocycles. The summed E-state index contributed by atoms with van der Waals surface area (Å²) in [7, 11) is 0. The number of carbonyl (C=O) groups is 1. The maximum Gasteiger partial charge on any atom is 0.270 e. The molecule has 0 heterocycles. The van der Waals surface area contributed by atoms with E-state index in [1.165, 1.54) is 12.1 Å². The van der Waals surface area contributed by atoms with Crippen LogP contribution in [-0.4, -0.2) is 10.7 Å². The van der Waals surface area contributed by atoms with Gasteiger partial charge in [0.25, 0.3) is 5.69 Å². The van der Waals surface area contributed by atoms with Gasteiger partial charge in [-0.2, -0.15) is 0 Å². The molecule has 88 valence electrons. The van der Waals surface area contributed by atoms with E-state index in [9.17, 15) is 14.9 Å². The van der Waals surface area contributed by atoms with Crippen LogP contribution in [-0.2, 0) is 0 Å². The van der Waals surface area contributed by atoms with Gasteiger partial charge in [0.2, 0.25) is 0 Å². The van der Waals surface area contributed by atoms with Crippen molar-refractivity contribution in [2.45, 2.75) is 0 Å². The predicted molar refractivity (Wildman–Crippen MR) is 67.0 cm³/mol. The highest BCUT2D eigenvalue weighted by atomic mass is 35.5. The summed E-state index contributed by atoms with van der Waals surface area (Å²) in [5.41, 5.74) is 2.25. The van der Waals surface area contributed by atoms with Gasteiger partial charge in [-0.25, -0.2) is 0 Å². The second-order valence-corrected chi connectivity index (χ2v) is 4.44. The first-order chi connectivity index (χ1) is 8.58. The summed E-state index contributed by atoms with van der Waals surface area (Å²) in [4.78, 5) is 22.3. The molecule has 5 heteroatoms. The second-order valence-electron chi connectivity index (χ2n) is 4.01. The van der Waals surface area contributed by atoms with Crippen LogP contribution in [0.2, 0.25) is 5.02 Å². The topological polar surface area (TPSA) is 60.2 Å². The van der Waals surface area contributed by atoms with Crippen molar-refractivity contribution in [2.24, 2.45) is 0 Å². The highest BCUT2D eigenvalue weighted by molar-refractivity contribution is 6.32. The fourth-order valence-electron chi connectivity index (χ4n) is 2.15. The van der Waals surface area contributed by atoms with E-state index in [0.29, 0.717) is 21.7 Å². The number of non-ortho nitro benzene ring substituents is 1. The van der Waals surface area contributed by atoms with Crippen LogP contribution in [0.4, 0.5) is 5.69 Å². The molecule has 3 rings (SSSR count). The molecule has 2 aromatic rings. The van der Waals surface area contributed by atoms with E-state index in [1.54, 1.807) is 24.3 Å². The number of fused-ring (bicyclic) bond motifs is 3. The minimum absolute atomic E-state index is 0.0824. The van der Waals surface area contributed by atoms with E-state index < -0.39 is 4.92 Å². The third-order valence-electron chi connectivity index (χ3n) is 2.98. The Labute approximate surface area is 107 Å². The van der Waals surface area contributed by atoms with Gasteiger partial charge in [0.1, 0.15) is 0 Å². The number of benzene rings is 2. The quantitative estimate of drug-likeness (QED) is 0.497. The molecule has 0 fully saturated rings. The van der Waals surface area contributed by atoms with Crippen molar-refractivity contribution in [3.63, 3.8) is 0 Å². The first-order valence-corrected chi connectivity index (χ1v) is 5.59. The van der Waals surface area contributed by atoms with E-state index in [1.807, 2.05) is 0 Å². The van der Waals surface area contributed by atoms with Crippen molar-refractivity contribution in [3.05, 3.63) is 62.7 Å². The van der Waals surface area contributed by atoms with E-state index >= 15 is 0 Å². The Hall–Kier alpha value is -2.20. The van der Waals surface area contributed by atoms with Gasteiger partial charge in [0.05, 0.1) is 4.92 Å². The van der Waals surface area contributed by atoms with Gasteiger partial charge in [-0.05, 0) is 35.4 Å². The van der Waals surface area contributed by atoms with Crippen molar-refractivity contribution >= 4 is 23.1 Å². The molecule has 0 saturated carbocycles. The maximum atomic E-state index is 12.1. The molecule has 0 amide bonds. The summed E-state index contributed by atoms with van der Waals surface area (Å²) >= 11 is 5.90. The number of halogens is 1. The summed E-state index contributed by atoms with van der Waals surface area (Å²) in [5.74, 6) is -0.194. The van der Waals surface area contributed by atoms with Gasteiger partial charge in [0, 0.05) is 28.3 Å². The van der Waals surface area contributed by atoms with Crippen LogP contribution >= 0.6 is 11.6 Å². The van der Waals surface area contributed by atoms with Crippen LogP contribution in [0.3, 0.4) is 0 Å². The number of hydrogen-bond acceptors (Lipinski definition) is 3. The molecule has 0 radical (unpaired) electrons. The van der Waals surface area contributed by atoms with Gasteiger partial charge < -0.3 is 0 Å². The average molecular weight is 260 g/mol. The molecule has 1 aliphatic carbocycles. The number of ketones is 1. The van der Waals surface area contributed by atoms with E-state index in [4.69, 9.17) is 11.6 Å². The van der Waals surface area contributed by atoms with Gasteiger partial charge >= 0.3 is 0 Å². The van der Waals surface area contributed by atoms with Crippen LogP contribution in [0, 0.1) is 10.1 Å². The monoisotopic (exact) mass is 259 g/mol. The Morgan fingerprint density at radius 1 is 0.944 bits per heavy atom. The van der Waals surface area contributed by atoms with Crippen molar-refractivity contribution in [2.75, 3.05) is 0 Å².